The van der Waals surface area contributed by atoms with E-state index in [1.165, 1.54) is 44.9 Å². The lowest BCUT2D eigenvalue weighted by Gasteiger charge is -2.15. The van der Waals surface area contributed by atoms with Crippen molar-refractivity contribution in [2.75, 3.05) is 25.1 Å². The molecule has 0 fully saturated rings. The Kier molecular flexibility index (Phi) is 14.4. The largest absolute Gasteiger partial charge is 0.324 e. The Labute approximate surface area is 125 Å². The molecule has 1 atom stereocenters. The van der Waals surface area contributed by atoms with Gasteiger partial charge in [-0.2, -0.15) is 11.8 Å². The van der Waals surface area contributed by atoms with E-state index in [4.69, 9.17) is 5.73 Å². The lowest BCUT2D eigenvalue weighted by atomic mass is 10.1. The first-order valence-corrected chi connectivity index (χ1v) is 9.24. The Morgan fingerprint density at radius 1 is 1.16 bits per heavy atom. The monoisotopic (exact) mass is 286 g/mol. The number of thioether (sulfide) groups is 1. The third kappa shape index (κ3) is 12.8. The lowest BCUT2D eigenvalue weighted by molar-refractivity contribution is 0.566. The van der Waals surface area contributed by atoms with Crippen molar-refractivity contribution in [3.63, 3.8) is 0 Å². The standard InChI is InChI=1S/C16H34N2S/c1-4-5-6-7-8-9-10-12-18-14-15(2)16(17)11-13-19-3/h16,18H,2,4-14,17H2,1,3H3. The molecule has 0 aromatic carbocycles. The van der Waals surface area contributed by atoms with Crippen molar-refractivity contribution in [3.05, 3.63) is 12.2 Å². The second-order valence-corrected chi connectivity index (χ2v) is 6.33. The molecular formula is C16H34N2S. The van der Waals surface area contributed by atoms with E-state index < -0.39 is 0 Å². The zero-order chi connectivity index (χ0) is 14.3. The molecular weight excluding hydrogens is 252 g/mol. The average molecular weight is 287 g/mol. The molecule has 19 heavy (non-hydrogen) atoms. The fraction of sp³-hybridized carbons (Fsp3) is 0.875. The zero-order valence-electron chi connectivity index (χ0n) is 13.0. The molecule has 0 aromatic heterocycles. The summed E-state index contributed by atoms with van der Waals surface area (Å²) >= 11 is 1.85. The normalized spacial score (nSPS) is 12.6. The Balaban J connectivity index is 3.27. The second kappa shape index (κ2) is 14.4. The molecule has 0 radical (unpaired) electrons. The number of unbranched alkanes of at least 4 members (excludes halogenated alkanes) is 6. The summed E-state index contributed by atoms with van der Waals surface area (Å²) < 4.78 is 0. The van der Waals surface area contributed by atoms with E-state index in [2.05, 4.69) is 25.1 Å². The van der Waals surface area contributed by atoms with Crippen LogP contribution in [-0.2, 0) is 0 Å². The summed E-state index contributed by atoms with van der Waals surface area (Å²) in [6.45, 7) is 8.32. The van der Waals surface area contributed by atoms with Gasteiger partial charge in [0.25, 0.3) is 0 Å². The molecule has 0 heterocycles. The molecule has 1 unspecified atom stereocenters. The summed E-state index contributed by atoms with van der Waals surface area (Å²) in [7, 11) is 0. The van der Waals surface area contributed by atoms with Gasteiger partial charge in [0.2, 0.25) is 0 Å². The molecule has 0 saturated heterocycles. The van der Waals surface area contributed by atoms with Crippen LogP contribution in [0.3, 0.4) is 0 Å². The van der Waals surface area contributed by atoms with Crippen LogP contribution in [0.15, 0.2) is 12.2 Å². The topological polar surface area (TPSA) is 38.0 Å². The molecule has 114 valence electrons. The summed E-state index contributed by atoms with van der Waals surface area (Å²) in [6.07, 6.45) is 12.7. The maximum atomic E-state index is 6.06. The predicted octanol–water partition coefficient (Wildman–Crippen LogP) is 3.96. The molecule has 0 aromatic rings. The van der Waals surface area contributed by atoms with Gasteiger partial charge < -0.3 is 11.1 Å². The van der Waals surface area contributed by atoms with Gasteiger partial charge in [0, 0.05) is 12.6 Å². The van der Waals surface area contributed by atoms with Crippen molar-refractivity contribution < 1.29 is 0 Å². The molecule has 0 rings (SSSR count). The van der Waals surface area contributed by atoms with Crippen molar-refractivity contribution in [1.82, 2.24) is 5.32 Å². The summed E-state index contributed by atoms with van der Waals surface area (Å²) in [5.41, 5.74) is 7.21. The van der Waals surface area contributed by atoms with Gasteiger partial charge in [-0.05, 0) is 37.0 Å². The Morgan fingerprint density at radius 3 is 2.42 bits per heavy atom. The Bertz CT molecular complexity index is 207. The van der Waals surface area contributed by atoms with Gasteiger partial charge >= 0.3 is 0 Å². The minimum Gasteiger partial charge on any atom is -0.324 e. The highest BCUT2D eigenvalue weighted by Gasteiger charge is 2.05. The maximum Gasteiger partial charge on any atom is 0.0271 e. The highest BCUT2D eigenvalue weighted by Crippen LogP contribution is 2.07. The first kappa shape index (κ1) is 19.0. The van der Waals surface area contributed by atoms with E-state index >= 15 is 0 Å². The van der Waals surface area contributed by atoms with E-state index in [1.807, 2.05) is 11.8 Å². The molecule has 3 N–H and O–H groups in total. The van der Waals surface area contributed by atoms with Gasteiger partial charge in [0.15, 0.2) is 0 Å². The van der Waals surface area contributed by atoms with Crippen LogP contribution in [-0.4, -0.2) is 31.1 Å². The number of hydrogen-bond donors (Lipinski definition) is 2. The molecule has 0 bridgehead atoms. The third-order valence-electron chi connectivity index (χ3n) is 3.47. The van der Waals surface area contributed by atoms with Crippen LogP contribution in [0.2, 0.25) is 0 Å². The van der Waals surface area contributed by atoms with Crippen molar-refractivity contribution in [3.8, 4) is 0 Å². The highest BCUT2D eigenvalue weighted by molar-refractivity contribution is 7.98. The summed E-state index contributed by atoms with van der Waals surface area (Å²) in [6, 6.07) is 0.161. The number of nitrogens with two attached hydrogens (primary N) is 1. The predicted molar refractivity (Wildman–Crippen MR) is 91.0 cm³/mol. The zero-order valence-corrected chi connectivity index (χ0v) is 13.9. The van der Waals surface area contributed by atoms with E-state index in [0.29, 0.717) is 0 Å². The van der Waals surface area contributed by atoms with Crippen molar-refractivity contribution in [1.29, 1.82) is 0 Å². The lowest BCUT2D eigenvalue weighted by Crippen LogP contribution is -2.30. The first-order valence-electron chi connectivity index (χ1n) is 7.85. The van der Waals surface area contributed by atoms with Crippen LogP contribution in [0.5, 0.6) is 0 Å². The van der Waals surface area contributed by atoms with E-state index in [1.54, 1.807) is 0 Å². The maximum absolute atomic E-state index is 6.06. The first-order chi connectivity index (χ1) is 9.22. The van der Waals surface area contributed by atoms with E-state index in [-0.39, 0.29) is 6.04 Å². The SMILES string of the molecule is C=C(CNCCCCCCCCC)C(N)CCSC. The van der Waals surface area contributed by atoms with E-state index in [0.717, 1.165) is 30.8 Å². The minimum absolute atomic E-state index is 0.161. The molecule has 0 aliphatic rings. The molecule has 0 amide bonds. The van der Waals surface area contributed by atoms with Gasteiger partial charge in [-0.25, -0.2) is 0 Å². The van der Waals surface area contributed by atoms with Crippen LogP contribution in [0.25, 0.3) is 0 Å². The number of nitrogens with one attached hydrogen (secondary N) is 1. The van der Waals surface area contributed by atoms with Gasteiger partial charge in [-0.15, -0.1) is 0 Å². The van der Waals surface area contributed by atoms with Crippen LogP contribution in [0.1, 0.15) is 58.3 Å². The van der Waals surface area contributed by atoms with Gasteiger partial charge in [-0.1, -0.05) is 52.0 Å². The van der Waals surface area contributed by atoms with Crippen LogP contribution >= 0.6 is 11.8 Å². The molecule has 0 aliphatic heterocycles. The van der Waals surface area contributed by atoms with Gasteiger partial charge in [-0.3, -0.25) is 0 Å². The molecule has 0 aliphatic carbocycles. The molecule has 0 spiro atoms. The Hall–Kier alpha value is 0.0100. The van der Waals surface area contributed by atoms with Crippen molar-refractivity contribution in [2.24, 2.45) is 5.73 Å². The molecule has 0 saturated carbocycles. The smallest absolute Gasteiger partial charge is 0.0271 e. The fourth-order valence-corrected chi connectivity index (χ4v) is 2.53. The summed E-state index contributed by atoms with van der Waals surface area (Å²) in [5, 5.41) is 3.46. The van der Waals surface area contributed by atoms with Crippen LogP contribution in [0, 0.1) is 0 Å². The number of hydrogen-bond acceptors (Lipinski definition) is 3. The average Bonchev–Trinajstić information content (AvgIpc) is 2.42. The summed E-state index contributed by atoms with van der Waals surface area (Å²) in [4.78, 5) is 0. The van der Waals surface area contributed by atoms with Crippen molar-refractivity contribution >= 4 is 11.8 Å². The third-order valence-corrected chi connectivity index (χ3v) is 4.11. The molecule has 2 nitrogen and oxygen atoms in total. The quantitative estimate of drug-likeness (QED) is 0.375. The second-order valence-electron chi connectivity index (χ2n) is 5.34. The van der Waals surface area contributed by atoms with Crippen LogP contribution < -0.4 is 11.1 Å². The number of rotatable bonds is 14. The van der Waals surface area contributed by atoms with Gasteiger partial charge in [0.1, 0.15) is 0 Å². The summed E-state index contributed by atoms with van der Waals surface area (Å²) in [5.74, 6) is 1.12. The van der Waals surface area contributed by atoms with Crippen LogP contribution in [0.4, 0.5) is 0 Å². The fourth-order valence-electron chi connectivity index (χ4n) is 2.04. The Morgan fingerprint density at radius 2 is 1.79 bits per heavy atom. The van der Waals surface area contributed by atoms with E-state index in [9.17, 15) is 0 Å². The molecule has 3 heteroatoms. The minimum atomic E-state index is 0.161. The van der Waals surface area contributed by atoms with Crippen molar-refractivity contribution in [2.45, 2.75) is 64.3 Å². The highest BCUT2D eigenvalue weighted by atomic mass is 32.2. The van der Waals surface area contributed by atoms with Gasteiger partial charge in [0.05, 0.1) is 0 Å².